The van der Waals surface area contributed by atoms with Crippen LogP contribution in [-0.4, -0.2) is 54.5 Å². The van der Waals surface area contributed by atoms with E-state index in [-0.39, 0.29) is 5.60 Å². The Balaban J connectivity index is 1.56. The van der Waals surface area contributed by atoms with Crippen LogP contribution in [-0.2, 0) is 22.8 Å². The maximum Gasteiger partial charge on any atom is 0.500 e. The van der Waals surface area contributed by atoms with Crippen LogP contribution in [0.25, 0.3) is 0 Å². The van der Waals surface area contributed by atoms with Crippen LogP contribution in [0.1, 0.15) is 25.7 Å². The first-order chi connectivity index (χ1) is 9.17. The summed E-state index contributed by atoms with van der Waals surface area (Å²) in [5.41, 5.74) is 0.0464. The number of fused-ring (bicyclic) bond motifs is 1. The zero-order valence-electron chi connectivity index (χ0n) is 12.0. The van der Waals surface area contributed by atoms with Crippen LogP contribution in [0.5, 0.6) is 0 Å². The Hall–Kier alpha value is 0.0169. The lowest BCUT2D eigenvalue weighted by Gasteiger charge is -2.29. The van der Waals surface area contributed by atoms with Gasteiger partial charge in [0.05, 0.1) is 24.4 Å². The normalized spacial score (nSPS) is 40.9. The van der Waals surface area contributed by atoms with Crippen molar-refractivity contribution in [3.63, 3.8) is 0 Å². The Morgan fingerprint density at radius 2 is 1.79 bits per heavy atom. The molecule has 0 spiro atoms. The Bertz CT molecular complexity index is 321. The molecule has 2 heterocycles. The molecule has 2 saturated heterocycles. The molecule has 0 amide bonds. The van der Waals surface area contributed by atoms with E-state index >= 15 is 0 Å². The van der Waals surface area contributed by atoms with E-state index in [0.717, 1.165) is 25.5 Å². The average molecular weight is 288 g/mol. The second-order valence-electron chi connectivity index (χ2n) is 5.87. The number of hydrogen-bond donors (Lipinski definition) is 0. The van der Waals surface area contributed by atoms with E-state index in [1.54, 1.807) is 21.3 Å². The molecule has 5 nitrogen and oxygen atoms in total. The molecule has 0 bridgehead atoms. The van der Waals surface area contributed by atoms with Crippen molar-refractivity contribution in [2.45, 2.75) is 49.5 Å². The minimum atomic E-state index is -2.47. The molecular formula is C13H24O5Si. The van der Waals surface area contributed by atoms with Gasteiger partial charge in [0.25, 0.3) is 0 Å². The van der Waals surface area contributed by atoms with Crippen molar-refractivity contribution >= 4 is 8.80 Å². The molecular weight excluding hydrogens is 264 g/mol. The van der Waals surface area contributed by atoms with E-state index in [0.29, 0.717) is 18.1 Å². The first-order valence-corrected chi connectivity index (χ1v) is 9.05. The van der Waals surface area contributed by atoms with Crippen LogP contribution >= 0.6 is 0 Å². The van der Waals surface area contributed by atoms with Gasteiger partial charge in [-0.3, -0.25) is 0 Å². The predicted molar refractivity (Wildman–Crippen MR) is 70.9 cm³/mol. The van der Waals surface area contributed by atoms with E-state index in [1.807, 2.05) is 0 Å². The van der Waals surface area contributed by atoms with Crippen LogP contribution in [0, 0.1) is 5.92 Å². The first-order valence-electron chi connectivity index (χ1n) is 7.12. The molecule has 3 fully saturated rings. The van der Waals surface area contributed by atoms with Crippen LogP contribution in [0.3, 0.4) is 0 Å². The molecule has 0 radical (unpaired) electrons. The maximum atomic E-state index is 5.83. The van der Waals surface area contributed by atoms with Crippen molar-refractivity contribution in [1.82, 2.24) is 0 Å². The second-order valence-corrected chi connectivity index (χ2v) is 8.96. The zero-order chi connectivity index (χ0) is 13.5. The zero-order valence-corrected chi connectivity index (χ0v) is 13.0. The fourth-order valence-corrected chi connectivity index (χ4v) is 5.32. The minimum absolute atomic E-state index is 0.0464. The summed E-state index contributed by atoms with van der Waals surface area (Å²) in [6.45, 7) is 0.872. The van der Waals surface area contributed by atoms with Gasteiger partial charge in [-0.05, 0) is 31.6 Å². The van der Waals surface area contributed by atoms with Gasteiger partial charge >= 0.3 is 8.80 Å². The van der Waals surface area contributed by atoms with Crippen molar-refractivity contribution in [3.05, 3.63) is 0 Å². The average Bonchev–Trinajstić information content (AvgIpc) is 3.35. The Morgan fingerprint density at radius 3 is 2.32 bits per heavy atom. The number of ether oxygens (including phenoxy) is 2. The van der Waals surface area contributed by atoms with E-state index in [9.17, 15) is 0 Å². The van der Waals surface area contributed by atoms with E-state index < -0.39 is 8.80 Å². The van der Waals surface area contributed by atoms with Gasteiger partial charge in [0.1, 0.15) is 0 Å². The van der Waals surface area contributed by atoms with Crippen LogP contribution in [0.2, 0.25) is 6.04 Å². The lowest BCUT2D eigenvalue weighted by atomic mass is 9.79. The molecule has 19 heavy (non-hydrogen) atoms. The Morgan fingerprint density at radius 1 is 1.11 bits per heavy atom. The highest BCUT2D eigenvalue weighted by Crippen LogP contribution is 2.51. The summed E-state index contributed by atoms with van der Waals surface area (Å²) in [7, 11) is 2.54. The smallest absolute Gasteiger partial charge is 0.377 e. The lowest BCUT2D eigenvalue weighted by molar-refractivity contribution is 0.112. The molecule has 3 rings (SSSR count). The molecule has 0 N–H and O–H groups in total. The molecule has 110 valence electrons. The van der Waals surface area contributed by atoms with Gasteiger partial charge in [0, 0.05) is 27.4 Å². The standard InChI is InChI=1S/C13H24O5Si/c1-14-19(15-2,16-3)7-6-13(9-17-13)10-4-5-11-12(8-10)18-11/h10-12H,4-9H2,1-3H3. The monoisotopic (exact) mass is 288 g/mol. The third-order valence-electron chi connectivity index (χ3n) is 5.05. The number of hydrogen-bond acceptors (Lipinski definition) is 5. The van der Waals surface area contributed by atoms with Gasteiger partial charge in [-0.1, -0.05) is 0 Å². The minimum Gasteiger partial charge on any atom is -0.377 e. The molecule has 0 aromatic heterocycles. The van der Waals surface area contributed by atoms with Crippen LogP contribution < -0.4 is 0 Å². The van der Waals surface area contributed by atoms with Gasteiger partial charge in [0.2, 0.25) is 0 Å². The maximum absolute atomic E-state index is 5.83. The summed E-state index contributed by atoms with van der Waals surface area (Å²) >= 11 is 0. The van der Waals surface area contributed by atoms with Crippen LogP contribution in [0.15, 0.2) is 0 Å². The summed E-state index contributed by atoms with van der Waals surface area (Å²) in [5, 5.41) is 0. The molecule has 1 aliphatic carbocycles. The van der Waals surface area contributed by atoms with Crippen LogP contribution in [0.4, 0.5) is 0 Å². The van der Waals surface area contributed by atoms with Crippen molar-refractivity contribution in [3.8, 4) is 0 Å². The summed E-state index contributed by atoms with van der Waals surface area (Å²) in [5.74, 6) is 0.633. The van der Waals surface area contributed by atoms with Gasteiger partial charge in [-0.2, -0.15) is 0 Å². The highest BCUT2D eigenvalue weighted by molar-refractivity contribution is 6.60. The molecule has 2 aliphatic heterocycles. The lowest BCUT2D eigenvalue weighted by Crippen LogP contribution is -2.44. The van der Waals surface area contributed by atoms with Crippen molar-refractivity contribution in [2.75, 3.05) is 27.9 Å². The summed E-state index contributed by atoms with van der Waals surface area (Å²) in [6, 6.07) is 0.821. The molecule has 1 saturated carbocycles. The number of rotatable bonds is 7. The molecule has 3 aliphatic rings. The Labute approximate surface area is 115 Å². The summed E-state index contributed by atoms with van der Waals surface area (Å²) in [4.78, 5) is 0. The third kappa shape index (κ3) is 2.62. The van der Waals surface area contributed by atoms with Gasteiger partial charge in [-0.25, -0.2) is 0 Å². The molecule has 4 unspecified atom stereocenters. The van der Waals surface area contributed by atoms with Gasteiger partial charge in [0.15, 0.2) is 0 Å². The predicted octanol–water partition coefficient (Wildman–Crippen LogP) is 1.59. The molecule has 0 aromatic rings. The fraction of sp³-hybridized carbons (Fsp3) is 1.00. The fourth-order valence-electron chi connectivity index (χ4n) is 3.48. The van der Waals surface area contributed by atoms with Crippen molar-refractivity contribution in [1.29, 1.82) is 0 Å². The molecule has 0 aromatic carbocycles. The van der Waals surface area contributed by atoms with Gasteiger partial charge < -0.3 is 22.8 Å². The SMILES string of the molecule is CO[Si](CCC1(C2CCC3OC3C2)CO1)(OC)OC. The molecule has 4 atom stereocenters. The largest absolute Gasteiger partial charge is 0.500 e. The molecule has 6 heteroatoms. The van der Waals surface area contributed by atoms with Gasteiger partial charge in [-0.15, -0.1) is 0 Å². The van der Waals surface area contributed by atoms with E-state index in [4.69, 9.17) is 22.8 Å². The Kier molecular flexibility index (Phi) is 3.74. The van der Waals surface area contributed by atoms with E-state index in [2.05, 4.69) is 0 Å². The summed E-state index contributed by atoms with van der Waals surface area (Å²) in [6.07, 6.45) is 5.61. The highest BCUT2D eigenvalue weighted by atomic mass is 28.4. The second kappa shape index (κ2) is 5.09. The van der Waals surface area contributed by atoms with Crippen molar-refractivity contribution in [2.24, 2.45) is 5.92 Å². The number of epoxide rings is 2. The van der Waals surface area contributed by atoms with E-state index in [1.165, 1.54) is 12.8 Å². The highest BCUT2D eigenvalue weighted by Gasteiger charge is 2.58. The summed E-state index contributed by atoms with van der Waals surface area (Å²) < 4.78 is 27.9. The topological polar surface area (TPSA) is 52.8 Å². The first kappa shape index (κ1) is 14.0. The quantitative estimate of drug-likeness (QED) is 0.526. The van der Waals surface area contributed by atoms with Crippen molar-refractivity contribution < 1.29 is 22.8 Å². The third-order valence-corrected chi connectivity index (χ3v) is 7.78.